The van der Waals surface area contributed by atoms with Crippen molar-refractivity contribution in [2.45, 2.75) is 26.7 Å². The molecule has 0 atom stereocenters. The third-order valence-electron chi connectivity index (χ3n) is 2.19. The van der Waals surface area contributed by atoms with Crippen molar-refractivity contribution in [3.05, 3.63) is 28.2 Å². The van der Waals surface area contributed by atoms with Crippen LogP contribution in [0.15, 0.2) is 22.7 Å². The Morgan fingerprint density at radius 3 is 2.82 bits per heavy atom. The molecule has 0 bridgehead atoms. The summed E-state index contributed by atoms with van der Waals surface area (Å²) in [5.74, 6) is 0.328. The minimum absolute atomic E-state index is 0.0502. The van der Waals surface area contributed by atoms with Crippen molar-refractivity contribution >= 4 is 21.9 Å². The average Bonchev–Trinajstić information content (AvgIpc) is 2.28. The van der Waals surface area contributed by atoms with Crippen LogP contribution in [-0.4, -0.2) is 19.2 Å². The Hall–Kier alpha value is -1.03. The van der Waals surface area contributed by atoms with Gasteiger partial charge in [0.05, 0.1) is 11.1 Å². The Labute approximate surface area is 110 Å². The lowest BCUT2D eigenvalue weighted by atomic mass is 10.2. The van der Waals surface area contributed by atoms with Crippen molar-refractivity contribution < 1.29 is 14.3 Å². The number of aryl methyl sites for hydroxylation is 1. The highest BCUT2D eigenvalue weighted by atomic mass is 79.9. The van der Waals surface area contributed by atoms with Crippen molar-refractivity contribution in [1.29, 1.82) is 0 Å². The summed E-state index contributed by atoms with van der Waals surface area (Å²) >= 11 is 3.38. The molecule has 94 valence electrons. The summed E-state index contributed by atoms with van der Waals surface area (Å²) in [7, 11) is 0. The highest BCUT2D eigenvalue weighted by Gasteiger charge is 2.06. The molecule has 0 saturated heterocycles. The third-order valence-corrected chi connectivity index (χ3v) is 2.81. The third kappa shape index (κ3) is 5.22. The second-order valence-corrected chi connectivity index (χ2v) is 4.65. The van der Waals surface area contributed by atoms with Gasteiger partial charge in [0.1, 0.15) is 5.75 Å². The van der Waals surface area contributed by atoms with Crippen LogP contribution in [0.1, 0.15) is 25.3 Å². The smallest absolute Gasteiger partial charge is 0.344 e. The van der Waals surface area contributed by atoms with E-state index in [-0.39, 0.29) is 12.6 Å². The molecule has 0 radical (unpaired) electrons. The van der Waals surface area contributed by atoms with Gasteiger partial charge in [-0.3, -0.25) is 0 Å². The van der Waals surface area contributed by atoms with E-state index in [9.17, 15) is 4.79 Å². The molecule has 0 spiro atoms. The summed E-state index contributed by atoms with van der Waals surface area (Å²) in [6, 6.07) is 5.71. The fourth-order valence-corrected chi connectivity index (χ4v) is 1.84. The summed E-state index contributed by atoms with van der Waals surface area (Å²) < 4.78 is 11.2. The maximum absolute atomic E-state index is 11.3. The summed E-state index contributed by atoms with van der Waals surface area (Å²) in [6.45, 7) is 4.46. The Balaban J connectivity index is 2.37. The quantitative estimate of drug-likeness (QED) is 0.596. The van der Waals surface area contributed by atoms with E-state index in [2.05, 4.69) is 15.9 Å². The van der Waals surface area contributed by atoms with Crippen LogP contribution in [-0.2, 0) is 9.53 Å². The van der Waals surface area contributed by atoms with E-state index in [4.69, 9.17) is 9.47 Å². The minimum Gasteiger partial charge on any atom is -0.481 e. The summed E-state index contributed by atoms with van der Waals surface area (Å²) in [5, 5.41) is 0. The molecular formula is C13H17BrO3. The molecule has 0 fully saturated rings. The first-order valence-electron chi connectivity index (χ1n) is 5.68. The van der Waals surface area contributed by atoms with E-state index in [1.165, 1.54) is 0 Å². The molecule has 0 saturated carbocycles. The molecular weight excluding hydrogens is 284 g/mol. The molecule has 0 unspecified atom stereocenters. The van der Waals surface area contributed by atoms with Gasteiger partial charge in [-0.15, -0.1) is 0 Å². The number of unbranched alkanes of at least 4 members (excludes halogenated alkanes) is 1. The first-order chi connectivity index (χ1) is 8.13. The van der Waals surface area contributed by atoms with Crippen LogP contribution in [0.3, 0.4) is 0 Å². The molecule has 4 heteroatoms. The SMILES string of the molecule is CCCCOC(=O)COc1ccc(C)cc1Br. The summed E-state index contributed by atoms with van der Waals surface area (Å²) in [6.07, 6.45) is 1.90. The van der Waals surface area contributed by atoms with Gasteiger partial charge in [0.15, 0.2) is 6.61 Å². The van der Waals surface area contributed by atoms with E-state index >= 15 is 0 Å². The van der Waals surface area contributed by atoms with Crippen LogP contribution in [0.5, 0.6) is 5.75 Å². The number of ether oxygens (including phenoxy) is 2. The number of carbonyl (C=O) groups is 1. The first kappa shape index (κ1) is 14.0. The summed E-state index contributed by atoms with van der Waals surface area (Å²) in [5.41, 5.74) is 1.13. The van der Waals surface area contributed by atoms with Crippen molar-refractivity contribution in [3.63, 3.8) is 0 Å². The zero-order valence-corrected chi connectivity index (χ0v) is 11.7. The number of rotatable bonds is 6. The van der Waals surface area contributed by atoms with Crippen molar-refractivity contribution in [3.8, 4) is 5.75 Å². The second-order valence-electron chi connectivity index (χ2n) is 3.80. The van der Waals surface area contributed by atoms with Crippen LogP contribution in [0, 0.1) is 6.92 Å². The molecule has 0 aliphatic rings. The number of carbonyl (C=O) groups excluding carboxylic acids is 1. The zero-order valence-electron chi connectivity index (χ0n) is 10.2. The molecule has 17 heavy (non-hydrogen) atoms. The molecule has 1 aromatic carbocycles. The lowest BCUT2D eigenvalue weighted by Crippen LogP contribution is -2.15. The fraction of sp³-hybridized carbons (Fsp3) is 0.462. The maximum atomic E-state index is 11.3. The molecule has 1 aromatic rings. The van der Waals surface area contributed by atoms with Crippen molar-refractivity contribution in [2.75, 3.05) is 13.2 Å². The minimum atomic E-state index is -0.328. The van der Waals surface area contributed by atoms with E-state index in [1.807, 2.05) is 32.0 Å². The predicted octanol–water partition coefficient (Wildman–Crippen LogP) is 3.48. The van der Waals surface area contributed by atoms with Crippen molar-refractivity contribution in [2.24, 2.45) is 0 Å². The first-order valence-corrected chi connectivity index (χ1v) is 6.47. The van der Waals surface area contributed by atoms with Gasteiger partial charge < -0.3 is 9.47 Å². The van der Waals surface area contributed by atoms with Gasteiger partial charge >= 0.3 is 5.97 Å². The molecule has 0 aliphatic heterocycles. The van der Waals surface area contributed by atoms with Crippen LogP contribution < -0.4 is 4.74 Å². The number of hydrogen-bond acceptors (Lipinski definition) is 3. The Morgan fingerprint density at radius 1 is 1.41 bits per heavy atom. The standard InChI is InChI=1S/C13H17BrO3/c1-3-4-7-16-13(15)9-17-12-6-5-10(2)8-11(12)14/h5-6,8H,3-4,7,9H2,1-2H3. The predicted molar refractivity (Wildman–Crippen MR) is 70.2 cm³/mol. The number of benzene rings is 1. The highest BCUT2D eigenvalue weighted by Crippen LogP contribution is 2.25. The molecule has 1 rings (SSSR count). The molecule has 0 heterocycles. The van der Waals surface area contributed by atoms with Crippen LogP contribution in [0.25, 0.3) is 0 Å². The Bertz CT molecular complexity index is 377. The van der Waals surface area contributed by atoms with Gasteiger partial charge in [0.25, 0.3) is 0 Å². The Morgan fingerprint density at radius 2 is 2.18 bits per heavy atom. The average molecular weight is 301 g/mol. The fourth-order valence-electron chi connectivity index (χ4n) is 1.23. The van der Waals surface area contributed by atoms with Crippen LogP contribution in [0.4, 0.5) is 0 Å². The zero-order chi connectivity index (χ0) is 12.7. The van der Waals surface area contributed by atoms with Gasteiger partial charge in [-0.1, -0.05) is 19.4 Å². The Kier molecular flexibility index (Phi) is 6.05. The van der Waals surface area contributed by atoms with Gasteiger partial charge in [0.2, 0.25) is 0 Å². The van der Waals surface area contributed by atoms with Crippen LogP contribution in [0.2, 0.25) is 0 Å². The largest absolute Gasteiger partial charge is 0.481 e. The number of halogens is 1. The van der Waals surface area contributed by atoms with Crippen LogP contribution >= 0.6 is 15.9 Å². The van der Waals surface area contributed by atoms with E-state index < -0.39 is 0 Å². The normalized spacial score (nSPS) is 10.1. The monoisotopic (exact) mass is 300 g/mol. The summed E-state index contributed by atoms with van der Waals surface area (Å²) in [4.78, 5) is 11.3. The molecule has 0 aromatic heterocycles. The van der Waals surface area contributed by atoms with Gasteiger partial charge in [-0.25, -0.2) is 4.79 Å². The van der Waals surface area contributed by atoms with E-state index in [0.29, 0.717) is 12.4 Å². The molecule has 3 nitrogen and oxygen atoms in total. The lowest BCUT2D eigenvalue weighted by Gasteiger charge is -2.08. The molecule has 0 N–H and O–H groups in total. The number of hydrogen-bond donors (Lipinski definition) is 0. The second kappa shape index (κ2) is 7.33. The van der Waals surface area contributed by atoms with Crippen molar-refractivity contribution in [1.82, 2.24) is 0 Å². The molecule has 0 amide bonds. The highest BCUT2D eigenvalue weighted by molar-refractivity contribution is 9.10. The molecule has 0 aliphatic carbocycles. The van der Waals surface area contributed by atoms with E-state index in [0.717, 1.165) is 22.9 Å². The van der Waals surface area contributed by atoms with Gasteiger partial charge in [0, 0.05) is 0 Å². The number of esters is 1. The van der Waals surface area contributed by atoms with E-state index in [1.54, 1.807) is 0 Å². The maximum Gasteiger partial charge on any atom is 0.344 e. The van der Waals surface area contributed by atoms with Gasteiger partial charge in [-0.05, 0) is 47.0 Å². The topological polar surface area (TPSA) is 35.5 Å². The lowest BCUT2D eigenvalue weighted by molar-refractivity contribution is -0.146. The van der Waals surface area contributed by atoms with Gasteiger partial charge in [-0.2, -0.15) is 0 Å².